The Balaban J connectivity index is 1.82. The average molecular weight is 337 g/mol. The predicted octanol–water partition coefficient (Wildman–Crippen LogP) is 2.86. The van der Waals surface area contributed by atoms with Crippen LogP contribution in [0.2, 0.25) is 0 Å². The van der Waals surface area contributed by atoms with E-state index in [1.165, 1.54) is 0 Å². The molecule has 128 valence electrons. The molecule has 1 heterocycles. The Hall–Kier alpha value is -3.28. The molecule has 1 aromatic heterocycles. The number of benzene rings is 2. The van der Waals surface area contributed by atoms with Crippen molar-refractivity contribution in [3.8, 4) is 17.2 Å². The van der Waals surface area contributed by atoms with Crippen LogP contribution < -0.4 is 20.3 Å². The molecule has 3 aromatic rings. The molecule has 2 aromatic carbocycles. The maximum atomic E-state index is 12.6. The SMILES string of the molecule is COc1ccc(CNc2nccn(-c3ccccc3)c2=O)cc1OC. The summed E-state index contributed by atoms with van der Waals surface area (Å²) in [5.41, 5.74) is 1.55. The third-order valence-electron chi connectivity index (χ3n) is 3.78. The topological polar surface area (TPSA) is 65.4 Å². The van der Waals surface area contributed by atoms with Crippen LogP contribution in [0.25, 0.3) is 5.69 Å². The highest BCUT2D eigenvalue weighted by molar-refractivity contribution is 5.44. The Morgan fingerprint density at radius 1 is 1.04 bits per heavy atom. The molecule has 3 rings (SSSR count). The first-order chi connectivity index (χ1) is 12.2. The molecule has 0 spiro atoms. The zero-order valence-electron chi connectivity index (χ0n) is 14.1. The molecule has 6 heteroatoms. The second-order valence-electron chi connectivity index (χ2n) is 5.33. The molecule has 0 fully saturated rings. The number of nitrogens with zero attached hydrogens (tertiary/aromatic N) is 2. The minimum Gasteiger partial charge on any atom is -0.493 e. The lowest BCUT2D eigenvalue weighted by Crippen LogP contribution is -2.23. The normalized spacial score (nSPS) is 10.3. The lowest BCUT2D eigenvalue weighted by Gasteiger charge is -2.11. The number of rotatable bonds is 6. The van der Waals surface area contributed by atoms with Gasteiger partial charge < -0.3 is 14.8 Å². The summed E-state index contributed by atoms with van der Waals surface area (Å²) in [4.78, 5) is 16.8. The van der Waals surface area contributed by atoms with Gasteiger partial charge in [0.25, 0.3) is 5.56 Å². The van der Waals surface area contributed by atoms with Gasteiger partial charge in [-0.15, -0.1) is 0 Å². The molecule has 0 amide bonds. The van der Waals surface area contributed by atoms with Crippen molar-refractivity contribution in [3.63, 3.8) is 0 Å². The number of hydrogen-bond donors (Lipinski definition) is 1. The number of aromatic nitrogens is 2. The minimum atomic E-state index is -0.200. The van der Waals surface area contributed by atoms with E-state index in [4.69, 9.17) is 9.47 Å². The molecule has 0 aliphatic heterocycles. The fourth-order valence-corrected chi connectivity index (χ4v) is 2.50. The minimum absolute atomic E-state index is 0.200. The van der Waals surface area contributed by atoms with E-state index in [1.54, 1.807) is 31.2 Å². The number of ether oxygens (including phenoxy) is 2. The molecule has 0 saturated carbocycles. The Morgan fingerprint density at radius 3 is 2.52 bits per heavy atom. The molecule has 0 unspecified atom stereocenters. The van der Waals surface area contributed by atoms with E-state index in [0.29, 0.717) is 23.9 Å². The van der Waals surface area contributed by atoms with E-state index >= 15 is 0 Å². The number of para-hydroxylation sites is 1. The van der Waals surface area contributed by atoms with Crippen molar-refractivity contribution >= 4 is 5.82 Å². The Bertz CT molecular complexity index is 907. The van der Waals surface area contributed by atoms with Crippen LogP contribution in [0, 0.1) is 0 Å². The van der Waals surface area contributed by atoms with Gasteiger partial charge in [0.1, 0.15) is 0 Å². The van der Waals surface area contributed by atoms with Crippen molar-refractivity contribution in [3.05, 3.63) is 76.8 Å². The number of nitrogens with one attached hydrogen (secondary N) is 1. The van der Waals surface area contributed by atoms with Crippen molar-refractivity contribution in [1.82, 2.24) is 9.55 Å². The van der Waals surface area contributed by atoms with E-state index < -0.39 is 0 Å². The Labute approximate surface area is 145 Å². The summed E-state index contributed by atoms with van der Waals surface area (Å²) in [5, 5.41) is 3.09. The van der Waals surface area contributed by atoms with Crippen LogP contribution >= 0.6 is 0 Å². The molecule has 6 nitrogen and oxygen atoms in total. The van der Waals surface area contributed by atoms with Gasteiger partial charge in [-0.2, -0.15) is 0 Å². The summed E-state index contributed by atoms with van der Waals surface area (Å²) >= 11 is 0. The summed E-state index contributed by atoms with van der Waals surface area (Å²) in [5.74, 6) is 1.60. The zero-order chi connectivity index (χ0) is 17.6. The van der Waals surface area contributed by atoms with Gasteiger partial charge in [-0.25, -0.2) is 4.98 Å². The summed E-state index contributed by atoms with van der Waals surface area (Å²) in [7, 11) is 3.18. The van der Waals surface area contributed by atoms with E-state index in [0.717, 1.165) is 11.3 Å². The van der Waals surface area contributed by atoms with Crippen molar-refractivity contribution < 1.29 is 9.47 Å². The van der Waals surface area contributed by atoms with Gasteiger partial charge in [-0.05, 0) is 29.8 Å². The standard InChI is InChI=1S/C19H19N3O3/c1-24-16-9-8-14(12-17(16)25-2)13-21-18-19(23)22(11-10-20-18)15-6-4-3-5-7-15/h3-12H,13H2,1-2H3,(H,20,21). The summed E-state index contributed by atoms with van der Waals surface area (Å²) in [6.07, 6.45) is 3.25. The largest absolute Gasteiger partial charge is 0.493 e. The highest BCUT2D eigenvalue weighted by atomic mass is 16.5. The molecule has 0 saturated heterocycles. The van der Waals surface area contributed by atoms with Crippen LogP contribution in [0.1, 0.15) is 5.56 Å². The molecule has 0 atom stereocenters. The van der Waals surface area contributed by atoms with E-state index in [-0.39, 0.29) is 5.56 Å². The number of methoxy groups -OCH3 is 2. The Morgan fingerprint density at radius 2 is 1.80 bits per heavy atom. The van der Waals surface area contributed by atoms with Crippen molar-refractivity contribution in [1.29, 1.82) is 0 Å². The van der Waals surface area contributed by atoms with Gasteiger partial charge in [0.15, 0.2) is 17.3 Å². The zero-order valence-corrected chi connectivity index (χ0v) is 14.1. The van der Waals surface area contributed by atoms with E-state index in [2.05, 4.69) is 10.3 Å². The van der Waals surface area contributed by atoms with Crippen LogP contribution in [-0.2, 0) is 6.54 Å². The van der Waals surface area contributed by atoms with Gasteiger partial charge in [0.2, 0.25) is 0 Å². The average Bonchev–Trinajstić information content (AvgIpc) is 2.67. The molecule has 25 heavy (non-hydrogen) atoms. The van der Waals surface area contributed by atoms with E-state index in [1.807, 2.05) is 48.5 Å². The van der Waals surface area contributed by atoms with Gasteiger partial charge in [0, 0.05) is 24.6 Å². The fourth-order valence-electron chi connectivity index (χ4n) is 2.50. The quantitative estimate of drug-likeness (QED) is 0.749. The Kier molecular flexibility index (Phi) is 4.99. The van der Waals surface area contributed by atoms with Gasteiger partial charge in [0.05, 0.1) is 14.2 Å². The van der Waals surface area contributed by atoms with Gasteiger partial charge in [-0.1, -0.05) is 24.3 Å². The summed E-state index contributed by atoms with van der Waals surface area (Å²) in [6, 6.07) is 15.0. The van der Waals surface area contributed by atoms with Gasteiger partial charge >= 0.3 is 0 Å². The third-order valence-corrected chi connectivity index (χ3v) is 3.78. The third kappa shape index (κ3) is 3.63. The van der Waals surface area contributed by atoms with Crippen LogP contribution in [0.15, 0.2) is 65.7 Å². The molecule has 0 aliphatic carbocycles. The first-order valence-corrected chi connectivity index (χ1v) is 7.81. The fraction of sp³-hybridized carbons (Fsp3) is 0.158. The monoisotopic (exact) mass is 337 g/mol. The molecule has 0 aliphatic rings. The smallest absolute Gasteiger partial charge is 0.297 e. The van der Waals surface area contributed by atoms with Crippen LogP contribution in [0.4, 0.5) is 5.82 Å². The maximum Gasteiger partial charge on any atom is 0.297 e. The second-order valence-corrected chi connectivity index (χ2v) is 5.33. The predicted molar refractivity (Wildman–Crippen MR) is 96.7 cm³/mol. The number of hydrogen-bond acceptors (Lipinski definition) is 5. The van der Waals surface area contributed by atoms with Crippen molar-refractivity contribution in [2.45, 2.75) is 6.54 Å². The molecular weight excluding hydrogens is 318 g/mol. The summed E-state index contributed by atoms with van der Waals surface area (Å²) < 4.78 is 12.1. The molecule has 1 N–H and O–H groups in total. The first-order valence-electron chi connectivity index (χ1n) is 7.81. The molecular formula is C19H19N3O3. The summed E-state index contributed by atoms with van der Waals surface area (Å²) in [6.45, 7) is 0.446. The highest BCUT2D eigenvalue weighted by Gasteiger charge is 2.08. The lowest BCUT2D eigenvalue weighted by molar-refractivity contribution is 0.354. The van der Waals surface area contributed by atoms with Crippen LogP contribution in [-0.4, -0.2) is 23.8 Å². The van der Waals surface area contributed by atoms with E-state index in [9.17, 15) is 4.79 Å². The lowest BCUT2D eigenvalue weighted by atomic mass is 10.2. The van der Waals surface area contributed by atoms with Crippen molar-refractivity contribution in [2.75, 3.05) is 19.5 Å². The highest BCUT2D eigenvalue weighted by Crippen LogP contribution is 2.27. The molecule has 0 bridgehead atoms. The van der Waals surface area contributed by atoms with Gasteiger partial charge in [-0.3, -0.25) is 9.36 Å². The maximum absolute atomic E-state index is 12.6. The van der Waals surface area contributed by atoms with Crippen molar-refractivity contribution in [2.24, 2.45) is 0 Å². The van der Waals surface area contributed by atoms with Crippen LogP contribution in [0.5, 0.6) is 11.5 Å². The second kappa shape index (κ2) is 7.53. The number of anilines is 1. The van der Waals surface area contributed by atoms with Crippen LogP contribution in [0.3, 0.4) is 0 Å². The molecule has 0 radical (unpaired) electrons. The first kappa shape index (κ1) is 16.6.